The van der Waals surface area contributed by atoms with Crippen molar-refractivity contribution in [3.63, 3.8) is 0 Å². The molecule has 39 heavy (non-hydrogen) atoms. The fourth-order valence-corrected chi connectivity index (χ4v) is 5.55. The zero-order valence-electron chi connectivity index (χ0n) is 25.5. The molecule has 0 saturated heterocycles. The molecule has 210 valence electrons. The average molecular weight is 529 g/mol. The lowest BCUT2D eigenvalue weighted by atomic mass is 9.80. The van der Waals surface area contributed by atoms with Crippen molar-refractivity contribution in [1.82, 2.24) is 0 Å². The Morgan fingerprint density at radius 1 is 0.667 bits per heavy atom. The van der Waals surface area contributed by atoms with E-state index in [1.54, 1.807) is 0 Å². The monoisotopic (exact) mass is 528 g/mol. The number of rotatable bonds is 10. The van der Waals surface area contributed by atoms with E-state index in [0.29, 0.717) is 0 Å². The molecule has 1 aliphatic carbocycles. The van der Waals surface area contributed by atoms with Crippen LogP contribution in [-0.2, 0) is 23.9 Å². The average Bonchev–Trinajstić information content (AvgIpc) is 2.91. The van der Waals surface area contributed by atoms with Crippen molar-refractivity contribution >= 4 is 0 Å². The van der Waals surface area contributed by atoms with E-state index in [1.807, 2.05) is 0 Å². The number of benzene rings is 1. The Morgan fingerprint density at radius 2 is 1.21 bits per heavy atom. The first-order valence-corrected chi connectivity index (χ1v) is 15.4. The SMILES string of the molecule is CC(C)(C)c1cc(OCCCCC[n+]2ccc(-c3cc[n+](CC4CCCCC4)cc3)cc2)cc(C(C)(C)C)c1. The normalized spacial score (nSPS) is 14.9. The van der Waals surface area contributed by atoms with E-state index in [0.717, 1.165) is 37.7 Å². The zero-order chi connectivity index (χ0) is 27.9. The van der Waals surface area contributed by atoms with E-state index in [-0.39, 0.29) is 10.8 Å². The number of hydrogen-bond donors (Lipinski definition) is 0. The van der Waals surface area contributed by atoms with Crippen molar-refractivity contribution in [2.24, 2.45) is 5.92 Å². The molecule has 0 radical (unpaired) electrons. The number of aromatic nitrogens is 2. The van der Waals surface area contributed by atoms with Gasteiger partial charge in [-0.05, 0) is 70.9 Å². The highest BCUT2D eigenvalue weighted by molar-refractivity contribution is 5.60. The molecule has 3 heteroatoms. The summed E-state index contributed by atoms with van der Waals surface area (Å²) in [5.41, 5.74) is 5.50. The smallest absolute Gasteiger partial charge is 0.169 e. The van der Waals surface area contributed by atoms with E-state index < -0.39 is 0 Å². The fraction of sp³-hybridized carbons (Fsp3) is 0.556. The largest absolute Gasteiger partial charge is 0.494 e. The van der Waals surface area contributed by atoms with Crippen LogP contribution in [0.5, 0.6) is 5.75 Å². The van der Waals surface area contributed by atoms with Crippen LogP contribution in [0.2, 0.25) is 0 Å². The third-order valence-electron chi connectivity index (χ3n) is 8.28. The maximum absolute atomic E-state index is 6.24. The molecule has 0 spiro atoms. The summed E-state index contributed by atoms with van der Waals surface area (Å²) in [6.07, 6.45) is 19.4. The minimum Gasteiger partial charge on any atom is -0.494 e. The molecule has 4 rings (SSSR count). The third-order valence-corrected chi connectivity index (χ3v) is 8.28. The maximum Gasteiger partial charge on any atom is 0.169 e. The molecule has 1 aliphatic rings. The van der Waals surface area contributed by atoms with Gasteiger partial charge in [0.25, 0.3) is 0 Å². The van der Waals surface area contributed by atoms with Gasteiger partial charge in [-0.2, -0.15) is 0 Å². The summed E-state index contributed by atoms with van der Waals surface area (Å²) in [6, 6.07) is 15.8. The highest BCUT2D eigenvalue weighted by Crippen LogP contribution is 2.33. The van der Waals surface area contributed by atoms with Crippen LogP contribution in [0.1, 0.15) is 104 Å². The Balaban J connectivity index is 1.20. The summed E-state index contributed by atoms with van der Waals surface area (Å²) < 4.78 is 10.9. The first kappa shape index (κ1) is 29.3. The van der Waals surface area contributed by atoms with E-state index >= 15 is 0 Å². The van der Waals surface area contributed by atoms with Crippen molar-refractivity contribution in [2.45, 2.75) is 117 Å². The minimum atomic E-state index is 0.114. The van der Waals surface area contributed by atoms with Crippen molar-refractivity contribution in [3.8, 4) is 16.9 Å². The Morgan fingerprint density at radius 3 is 1.74 bits per heavy atom. The molecule has 3 aromatic rings. The predicted molar refractivity (Wildman–Crippen MR) is 162 cm³/mol. The summed E-state index contributed by atoms with van der Waals surface area (Å²) in [5.74, 6) is 1.87. The standard InChI is InChI=1S/C36H52N2O/c1-35(2,3)32-25-33(36(4,5)6)27-34(26-32)39-24-12-8-11-19-37-20-15-30(16-21-37)31-17-22-38(23-18-31)28-29-13-9-7-10-14-29/h15-18,20-23,25-27,29H,7-14,19,24,28H2,1-6H3/q+2. The Hall–Kier alpha value is -2.68. The van der Waals surface area contributed by atoms with E-state index in [4.69, 9.17) is 4.74 Å². The molecule has 1 fully saturated rings. The number of hydrogen-bond acceptors (Lipinski definition) is 1. The second kappa shape index (κ2) is 13.1. The number of nitrogens with zero attached hydrogens (tertiary/aromatic N) is 2. The first-order chi connectivity index (χ1) is 18.6. The van der Waals surface area contributed by atoms with Crippen LogP contribution >= 0.6 is 0 Å². The molecule has 0 aliphatic heterocycles. The summed E-state index contributed by atoms with van der Waals surface area (Å²) >= 11 is 0. The Bertz CT molecular complexity index is 1130. The number of pyridine rings is 2. The third kappa shape index (κ3) is 8.92. The lowest BCUT2D eigenvalue weighted by molar-refractivity contribution is -0.703. The highest BCUT2D eigenvalue weighted by atomic mass is 16.5. The van der Waals surface area contributed by atoms with E-state index in [9.17, 15) is 0 Å². The van der Waals surface area contributed by atoms with Crippen LogP contribution in [0.25, 0.3) is 11.1 Å². The summed E-state index contributed by atoms with van der Waals surface area (Å²) in [7, 11) is 0. The summed E-state index contributed by atoms with van der Waals surface area (Å²) in [4.78, 5) is 0. The molecule has 1 aromatic carbocycles. The van der Waals surface area contributed by atoms with E-state index in [1.165, 1.54) is 67.3 Å². The topological polar surface area (TPSA) is 17.0 Å². The van der Waals surface area contributed by atoms with Crippen LogP contribution in [0.4, 0.5) is 0 Å². The molecule has 1 saturated carbocycles. The van der Waals surface area contributed by atoms with Crippen LogP contribution in [0.3, 0.4) is 0 Å². The van der Waals surface area contributed by atoms with Crippen LogP contribution in [0, 0.1) is 5.92 Å². The molecule has 2 aromatic heterocycles. The maximum atomic E-state index is 6.24. The van der Waals surface area contributed by atoms with Crippen molar-refractivity contribution in [1.29, 1.82) is 0 Å². The van der Waals surface area contributed by atoms with Crippen molar-refractivity contribution in [3.05, 3.63) is 78.4 Å². The van der Waals surface area contributed by atoms with Gasteiger partial charge in [-0.15, -0.1) is 0 Å². The highest BCUT2D eigenvalue weighted by Gasteiger charge is 2.21. The molecule has 2 heterocycles. The number of aryl methyl sites for hydroxylation is 1. The Labute approximate surface area is 238 Å². The Kier molecular flexibility index (Phi) is 9.86. The number of ether oxygens (including phenoxy) is 1. The van der Waals surface area contributed by atoms with Gasteiger partial charge in [-0.25, -0.2) is 9.13 Å². The fourth-order valence-electron chi connectivity index (χ4n) is 5.55. The van der Waals surface area contributed by atoms with Gasteiger partial charge in [0.2, 0.25) is 0 Å². The second-order valence-corrected chi connectivity index (χ2v) is 13.8. The molecule has 3 nitrogen and oxygen atoms in total. The van der Waals surface area contributed by atoms with Gasteiger partial charge < -0.3 is 4.74 Å². The molecule has 0 unspecified atom stereocenters. The minimum absolute atomic E-state index is 0.114. The van der Waals surface area contributed by atoms with Gasteiger partial charge >= 0.3 is 0 Å². The van der Waals surface area contributed by atoms with E-state index in [2.05, 4.69) is 118 Å². The number of unbranched alkanes of at least 4 members (excludes halogenated alkanes) is 2. The van der Waals surface area contributed by atoms with Crippen LogP contribution in [0.15, 0.2) is 67.3 Å². The first-order valence-electron chi connectivity index (χ1n) is 15.4. The molecular weight excluding hydrogens is 476 g/mol. The van der Waals surface area contributed by atoms with Crippen LogP contribution < -0.4 is 13.9 Å². The lowest BCUT2D eigenvalue weighted by Gasteiger charge is -2.26. The van der Waals surface area contributed by atoms with Crippen molar-refractivity contribution < 1.29 is 13.9 Å². The predicted octanol–water partition coefficient (Wildman–Crippen LogP) is 8.35. The van der Waals surface area contributed by atoms with Crippen molar-refractivity contribution in [2.75, 3.05) is 6.61 Å². The van der Waals surface area contributed by atoms with Gasteiger partial charge in [-0.3, -0.25) is 0 Å². The van der Waals surface area contributed by atoms with Gasteiger partial charge in [0, 0.05) is 36.6 Å². The summed E-state index contributed by atoms with van der Waals surface area (Å²) in [5, 5.41) is 0. The quantitative estimate of drug-likeness (QED) is 0.191. The zero-order valence-corrected chi connectivity index (χ0v) is 25.5. The molecule has 0 N–H and O–H groups in total. The van der Waals surface area contributed by atoms with Crippen LogP contribution in [-0.4, -0.2) is 6.61 Å². The van der Waals surface area contributed by atoms with Gasteiger partial charge in [-0.1, -0.05) is 66.9 Å². The molecule has 0 bridgehead atoms. The molecule has 0 atom stereocenters. The van der Waals surface area contributed by atoms with Gasteiger partial charge in [0.05, 0.1) is 6.61 Å². The van der Waals surface area contributed by atoms with Gasteiger partial charge in [0.15, 0.2) is 31.3 Å². The van der Waals surface area contributed by atoms with Gasteiger partial charge in [0.1, 0.15) is 12.3 Å². The second-order valence-electron chi connectivity index (χ2n) is 13.8. The lowest BCUT2D eigenvalue weighted by Crippen LogP contribution is -2.37. The molecule has 0 amide bonds. The summed E-state index contributed by atoms with van der Waals surface area (Å²) in [6.45, 7) is 16.6. The molecular formula is C36H52N2O+2.